The fourth-order valence-corrected chi connectivity index (χ4v) is 1.97. The van der Waals surface area contributed by atoms with Crippen LogP contribution in [-0.4, -0.2) is 17.9 Å². The van der Waals surface area contributed by atoms with Crippen LogP contribution in [-0.2, 0) is 16.0 Å². The number of hydrazine groups is 1. The molecule has 5 nitrogen and oxygen atoms in total. The molecule has 1 unspecified atom stereocenters. The smallest absolute Gasteiger partial charge is 0.279 e. The average Bonchev–Trinajstić information content (AvgIpc) is 2.60. The van der Waals surface area contributed by atoms with Crippen LogP contribution in [0.3, 0.4) is 0 Å². The van der Waals surface area contributed by atoms with Gasteiger partial charge >= 0.3 is 0 Å². The van der Waals surface area contributed by atoms with Gasteiger partial charge in [-0.1, -0.05) is 30.3 Å². The highest BCUT2D eigenvalue weighted by Crippen LogP contribution is 2.12. The van der Waals surface area contributed by atoms with Gasteiger partial charge in [-0.2, -0.15) is 0 Å². The molecule has 0 radical (unpaired) electrons. The third-order valence-electron chi connectivity index (χ3n) is 3.30. The summed E-state index contributed by atoms with van der Waals surface area (Å²) in [4.78, 5) is 23.6. The first kappa shape index (κ1) is 17.5. The predicted octanol–water partition coefficient (Wildman–Crippen LogP) is 2.37. The first-order chi connectivity index (χ1) is 11.5. The Kier molecular flexibility index (Phi) is 6.31. The maximum absolute atomic E-state index is 12.8. The Bertz CT molecular complexity index is 674. The minimum Gasteiger partial charge on any atom is -0.481 e. The molecule has 0 heterocycles. The molecule has 0 saturated heterocycles. The van der Waals surface area contributed by atoms with Crippen molar-refractivity contribution in [3.05, 3.63) is 66.0 Å². The van der Waals surface area contributed by atoms with E-state index in [-0.39, 0.29) is 18.1 Å². The van der Waals surface area contributed by atoms with Gasteiger partial charge in [0.2, 0.25) is 5.91 Å². The van der Waals surface area contributed by atoms with E-state index in [0.717, 1.165) is 5.56 Å². The molecule has 24 heavy (non-hydrogen) atoms. The van der Waals surface area contributed by atoms with Crippen LogP contribution in [0, 0.1) is 5.82 Å². The molecule has 0 saturated carbocycles. The quantitative estimate of drug-likeness (QED) is 0.799. The van der Waals surface area contributed by atoms with Crippen LogP contribution in [0.5, 0.6) is 5.75 Å². The summed E-state index contributed by atoms with van der Waals surface area (Å²) < 4.78 is 18.2. The number of carbonyl (C=O) groups excluding carboxylic acids is 2. The zero-order valence-electron chi connectivity index (χ0n) is 13.3. The lowest BCUT2D eigenvalue weighted by Gasteiger charge is -2.15. The van der Waals surface area contributed by atoms with E-state index in [0.29, 0.717) is 12.2 Å². The maximum Gasteiger partial charge on any atom is 0.279 e. The Morgan fingerprint density at radius 1 is 1.04 bits per heavy atom. The van der Waals surface area contributed by atoms with E-state index >= 15 is 0 Å². The van der Waals surface area contributed by atoms with E-state index in [1.807, 2.05) is 30.3 Å². The van der Waals surface area contributed by atoms with Crippen molar-refractivity contribution < 1.29 is 18.7 Å². The minimum atomic E-state index is -0.829. The molecular formula is C18H19FN2O3. The normalized spacial score (nSPS) is 11.4. The molecular weight excluding hydrogens is 311 g/mol. The molecule has 2 aromatic rings. The van der Waals surface area contributed by atoms with Gasteiger partial charge in [0.1, 0.15) is 11.6 Å². The summed E-state index contributed by atoms with van der Waals surface area (Å²) in [5.41, 5.74) is 5.71. The van der Waals surface area contributed by atoms with Crippen molar-refractivity contribution in [3.63, 3.8) is 0 Å². The molecule has 1 atom stereocenters. The van der Waals surface area contributed by atoms with E-state index in [1.54, 1.807) is 0 Å². The lowest BCUT2D eigenvalue weighted by molar-refractivity contribution is -0.132. The molecule has 0 spiro atoms. The van der Waals surface area contributed by atoms with Gasteiger partial charge in [-0.05, 0) is 43.2 Å². The van der Waals surface area contributed by atoms with Gasteiger partial charge in [0.25, 0.3) is 5.91 Å². The Morgan fingerprint density at radius 3 is 2.38 bits per heavy atom. The maximum atomic E-state index is 12.8. The van der Waals surface area contributed by atoms with Crippen molar-refractivity contribution in [2.75, 3.05) is 0 Å². The van der Waals surface area contributed by atoms with Crippen LogP contribution < -0.4 is 15.6 Å². The fraction of sp³-hybridized carbons (Fsp3) is 0.222. The number of rotatable bonds is 6. The highest BCUT2D eigenvalue weighted by atomic mass is 19.1. The Balaban J connectivity index is 1.71. The van der Waals surface area contributed by atoms with Crippen molar-refractivity contribution in [1.82, 2.24) is 10.9 Å². The molecule has 0 aliphatic rings. The van der Waals surface area contributed by atoms with E-state index in [2.05, 4.69) is 10.9 Å². The molecule has 0 fully saturated rings. The summed E-state index contributed by atoms with van der Waals surface area (Å²) in [7, 11) is 0. The number of amides is 2. The van der Waals surface area contributed by atoms with E-state index < -0.39 is 12.0 Å². The van der Waals surface area contributed by atoms with E-state index in [1.165, 1.54) is 31.2 Å². The highest BCUT2D eigenvalue weighted by Gasteiger charge is 2.15. The topological polar surface area (TPSA) is 67.4 Å². The minimum absolute atomic E-state index is 0.261. The molecule has 2 amide bonds. The monoisotopic (exact) mass is 330 g/mol. The number of ether oxygens (including phenoxy) is 1. The number of benzene rings is 2. The summed E-state index contributed by atoms with van der Waals surface area (Å²) in [6.45, 7) is 1.54. The van der Waals surface area contributed by atoms with Crippen molar-refractivity contribution in [2.45, 2.75) is 25.9 Å². The summed E-state index contributed by atoms with van der Waals surface area (Å²) in [6.07, 6.45) is 0.0201. The number of nitrogens with one attached hydrogen (secondary N) is 2. The van der Waals surface area contributed by atoms with Gasteiger partial charge in [-0.25, -0.2) is 4.39 Å². The summed E-state index contributed by atoms with van der Waals surface area (Å²) >= 11 is 0. The Labute approximate surface area is 139 Å². The summed E-state index contributed by atoms with van der Waals surface area (Å²) in [5.74, 6) is -0.798. The number of hydrogen-bond donors (Lipinski definition) is 2. The molecule has 0 aliphatic heterocycles. The standard InChI is InChI=1S/C18H19FN2O3/c1-13(24-16-10-8-15(19)9-11-16)18(23)21-20-17(22)12-7-14-5-3-2-4-6-14/h2-6,8-11,13H,7,12H2,1H3,(H,20,22)(H,21,23). The van der Waals surface area contributed by atoms with Crippen LogP contribution >= 0.6 is 0 Å². The van der Waals surface area contributed by atoms with Crippen LogP contribution in [0.2, 0.25) is 0 Å². The summed E-state index contributed by atoms with van der Waals surface area (Å²) in [6, 6.07) is 14.9. The lowest BCUT2D eigenvalue weighted by Crippen LogP contribution is -2.47. The molecule has 0 bridgehead atoms. The average molecular weight is 330 g/mol. The first-order valence-electron chi connectivity index (χ1n) is 7.59. The molecule has 0 aliphatic carbocycles. The highest BCUT2D eigenvalue weighted by molar-refractivity contribution is 5.84. The SMILES string of the molecule is CC(Oc1ccc(F)cc1)C(=O)NNC(=O)CCc1ccccc1. The van der Waals surface area contributed by atoms with E-state index in [4.69, 9.17) is 4.74 Å². The van der Waals surface area contributed by atoms with Crippen molar-refractivity contribution in [1.29, 1.82) is 0 Å². The zero-order chi connectivity index (χ0) is 17.4. The van der Waals surface area contributed by atoms with Gasteiger partial charge < -0.3 is 4.74 Å². The Hall–Kier alpha value is -2.89. The van der Waals surface area contributed by atoms with E-state index in [9.17, 15) is 14.0 Å². The first-order valence-corrected chi connectivity index (χ1v) is 7.59. The van der Waals surface area contributed by atoms with Gasteiger partial charge in [-0.3, -0.25) is 20.4 Å². The largest absolute Gasteiger partial charge is 0.481 e. The summed E-state index contributed by atoms with van der Waals surface area (Å²) in [5, 5.41) is 0. The van der Waals surface area contributed by atoms with Crippen molar-refractivity contribution in [2.24, 2.45) is 0 Å². The second-order valence-electron chi connectivity index (χ2n) is 5.24. The second-order valence-corrected chi connectivity index (χ2v) is 5.24. The van der Waals surface area contributed by atoms with Crippen LogP contribution in [0.1, 0.15) is 18.9 Å². The molecule has 6 heteroatoms. The Morgan fingerprint density at radius 2 is 1.71 bits per heavy atom. The molecule has 2 rings (SSSR count). The number of aryl methyl sites for hydroxylation is 1. The molecule has 0 aromatic heterocycles. The zero-order valence-corrected chi connectivity index (χ0v) is 13.3. The fourth-order valence-electron chi connectivity index (χ4n) is 1.97. The van der Waals surface area contributed by atoms with Gasteiger partial charge in [-0.15, -0.1) is 0 Å². The molecule has 2 N–H and O–H groups in total. The van der Waals surface area contributed by atoms with Gasteiger partial charge in [0.05, 0.1) is 0 Å². The predicted molar refractivity (Wildman–Crippen MR) is 87.5 cm³/mol. The molecule has 126 valence electrons. The van der Waals surface area contributed by atoms with Crippen LogP contribution in [0.25, 0.3) is 0 Å². The number of carbonyl (C=O) groups is 2. The van der Waals surface area contributed by atoms with Crippen molar-refractivity contribution >= 4 is 11.8 Å². The van der Waals surface area contributed by atoms with Crippen LogP contribution in [0.4, 0.5) is 4.39 Å². The second kappa shape index (κ2) is 8.67. The molecule has 2 aromatic carbocycles. The third kappa shape index (κ3) is 5.72. The number of halogens is 1. The third-order valence-corrected chi connectivity index (χ3v) is 3.30. The lowest BCUT2D eigenvalue weighted by atomic mass is 10.1. The van der Waals surface area contributed by atoms with Crippen molar-refractivity contribution in [3.8, 4) is 5.75 Å². The van der Waals surface area contributed by atoms with Gasteiger partial charge in [0, 0.05) is 6.42 Å². The van der Waals surface area contributed by atoms with Gasteiger partial charge in [0.15, 0.2) is 6.10 Å². The van der Waals surface area contributed by atoms with Crippen LogP contribution in [0.15, 0.2) is 54.6 Å². The number of hydrogen-bond acceptors (Lipinski definition) is 3.